The first-order valence-corrected chi connectivity index (χ1v) is 2.87. The van der Waals surface area contributed by atoms with Crippen molar-refractivity contribution in [1.29, 1.82) is 0 Å². The number of azo groups is 1. The molecule has 0 fully saturated rings. The summed E-state index contributed by atoms with van der Waals surface area (Å²) >= 11 is 0. The largest absolute Gasteiger partial charge is 0.489 e. The van der Waals surface area contributed by atoms with E-state index in [-0.39, 0.29) is 5.70 Å². The molecule has 1 heterocycles. The number of hydrogen-bond donors (Lipinski definition) is 0. The van der Waals surface area contributed by atoms with E-state index in [0.717, 1.165) is 0 Å². The van der Waals surface area contributed by atoms with Crippen molar-refractivity contribution in [3.05, 3.63) is 17.7 Å². The van der Waals surface area contributed by atoms with Crippen LogP contribution in [-0.4, -0.2) is 12.5 Å². The van der Waals surface area contributed by atoms with Crippen LogP contribution in [0.3, 0.4) is 0 Å². The number of carbonyl (C=O) groups excluding carboxylic acids is 1. The smallest absolute Gasteiger partial charge is 0.212 e. The van der Waals surface area contributed by atoms with E-state index in [1.165, 1.54) is 6.20 Å². The van der Waals surface area contributed by atoms with Crippen molar-refractivity contribution in [2.45, 2.75) is 6.92 Å². The van der Waals surface area contributed by atoms with E-state index in [4.69, 9.17) is 4.74 Å². The van der Waals surface area contributed by atoms with Gasteiger partial charge in [0.25, 0.3) is 0 Å². The van der Waals surface area contributed by atoms with Gasteiger partial charge >= 0.3 is 0 Å². The first-order valence-electron chi connectivity index (χ1n) is 2.87. The monoisotopic (exact) mass is 138 g/mol. The molecule has 0 aromatic rings. The summed E-state index contributed by atoms with van der Waals surface area (Å²) in [5.74, 6) is 2.01. The van der Waals surface area contributed by atoms with Gasteiger partial charge in [0.15, 0.2) is 11.7 Å². The number of nitrogens with zero attached hydrogens (tertiary/aromatic N) is 2. The zero-order valence-electron chi connectivity index (χ0n) is 5.50. The third-order valence-corrected chi connectivity index (χ3v) is 0.963. The molecule has 0 spiro atoms. The second kappa shape index (κ2) is 2.94. The molecule has 0 N–H and O–H groups in total. The Labute approximate surface area is 57.9 Å². The Balaban J connectivity index is 2.72. The Morgan fingerprint density at radius 2 is 2.60 bits per heavy atom. The van der Waals surface area contributed by atoms with E-state index in [0.29, 0.717) is 12.4 Å². The summed E-state index contributed by atoms with van der Waals surface area (Å²) in [6, 6.07) is 0. The van der Waals surface area contributed by atoms with E-state index < -0.39 is 0 Å². The quantitative estimate of drug-likeness (QED) is 0.535. The minimum absolute atomic E-state index is 0.141. The van der Waals surface area contributed by atoms with Gasteiger partial charge in [0.2, 0.25) is 5.70 Å². The molecule has 0 amide bonds. The first-order chi connectivity index (χ1) is 4.88. The normalized spacial score (nSPS) is 14.9. The molecule has 0 saturated heterocycles. The molecule has 0 aromatic heterocycles. The summed E-state index contributed by atoms with van der Waals surface area (Å²) < 4.78 is 4.98. The van der Waals surface area contributed by atoms with Gasteiger partial charge in [0.1, 0.15) is 0 Å². The Bertz CT molecular complexity index is 236. The third kappa shape index (κ3) is 1.11. The zero-order valence-corrected chi connectivity index (χ0v) is 5.50. The molecule has 0 radical (unpaired) electrons. The summed E-state index contributed by atoms with van der Waals surface area (Å²) in [6.07, 6.45) is 1.39. The summed E-state index contributed by atoms with van der Waals surface area (Å²) in [4.78, 5) is 10.1. The van der Waals surface area contributed by atoms with Gasteiger partial charge in [-0.1, -0.05) is 0 Å². The highest BCUT2D eigenvalue weighted by Crippen LogP contribution is 2.16. The Kier molecular flexibility index (Phi) is 1.97. The minimum atomic E-state index is 0.141. The minimum Gasteiger partial charge on any atom is -0.489 e. The average molecular weight is 138 g/mol. The highest BCUT2D eigenvalue weighted by Gasteiger charge is 2.10. The lowest BCUT2D eigenvalue weighted by Gasteiger charge is -1.98. The van der Waals surface area contributed by atoms with Crippen molar-refractivity contribution in [2.24, 2.45) is 10.2 Å². The molecule has 0 bridgehead atoms. The van der Waals surface area contributed by atoms with Crippen molar-refractivity contribution >= 4 is 5.94 Å². The Morgan fingerprint density at radius 3 is 3.20 bits per heavy atom. The topological polar surface area (TPSA) is 51.0 Å². The molecule has 1 aliphatic heterocycles. The second-order valence-corrected chi connectivity index (χ2v) is 1.59. The lowest BCUT2D eigenvalue weighted by molar-refractivity contribution is 0.239. The van der Waals surface area contributed by atoms with Crippen LogP contribution >= 0.6 is 0 Å². The van der Waals surface area contributed by atoms with E-state index in [9.17, 15) is 4.79 Å². The maximum atomic E-state index is 10.1. The molecule has 52 valence electrons. The summed E-state index contributed by atoms with van der Waals surface area (Å²) in [5.41, 5.74) is 0.141. The molecule has 0 unspecified atom stereocenters. The van der Waals surface area contributed by atoms with Crippen LogP contribution in [0, 0.1) is 0 Å². The average Bonchev–Trinajstić information content (AvgIpc) is 2.36. The van der Waals surface area contributed by atoms with Gasteiger partial charge in [-0.05, 0) is 6.92 Å². The predicted molar refractivity (Wildman–Crippen MR) is 33.8 cm³/mol. The fraction of sp³-hybridized carbons (Fsp3) is 0.333. The maximum Gasteiger partial charge on any atom is 0.212 e. The van der Waals surface area contributed by atoms with Crippen LogP contribution in [0.25, 0.3) is 0 Å². The van der Waals surface area contributed by atoms with Crippen LogP contribution in [0.5, 0.6) is 0 Å². The van der Waals surface area contributed by atoms with Crippen molar-refractivity contribution in [2.75, 3.05) is 6.61 Å². The molecule has 0 aliphatic carbocycles. The SMILES string of the molecule is CCOC1=CN=NC1=C=O. The second-order valence-electron chi connectivity index (χ2n) is 1.59. The van der Waals surface area contributed by atoms with Gasteiger partial charge < -0.3 is 4.74 Å². The van der Waals surface area contributed by atoms with Crippen molar-refractivity contribution in [3.8, 4) is 0 Å². The lowest BCUT2D eigenvalue weighted by atomic mass is 10.4. The maximum absolute atomic E-state index is 10.1. The molecule has 0 aromatic carbocycles. The van der Waals surface area contributed by atoms with E-state index in [2.05, 4.69) is 10.2 Å². The molecule has 1 rings (SSSR count). The van der Waals surface area contributed by atoms with Crippen LogP contribution in [0.15, 0.2) is 27.9 Å². The van der Waals surface area contributed by atoms with Gasteiger partial charge in [0.05, 0.1) is 12.8 Å². The number of ether oxygens (including phenoxy) is 1. The standard InChI is InChI=1S/C6H6N2O2/c1-2-10-6-3-7-8-5(6)4-9/h3H,2H2,1H3. The molecule has 4 heteroatoms. The van der Waals surface area contributed by atoms with E-state index >= 15 is 0 Å². The van der Waals surface area contributed by atoms with Crippen molar-refractivity contribution in [3.63, 3.8) is 0 Å². The van der Waals surface area contributed by atoms with Gasteiger partial charge in [0, 0.05) is 0 Å². The van der Waals surface area contributed by atoms with Gasteiger partial charge in [-0.3, -0.25) is 0 Å². The van der Waals surface area contributed by atoms with Crippen LogP contribution in [-0.2, 0) is 9.53 Å². The summed E-state index contributed by atoms with van der Waals surface area (Å²) in [5, 5.41) is 6.93. The lowest BCUT2D eigenvalue weighted by Crippen LogP contribution is -1.90. The van der Waals surface area contributed by atoms with E-state index in [1.54, 1.807) is 5.94 Å². The first kappa shape index (κ1) is 6.71. The number of rotatable bonds is 2. The molecule has 4 nitrogen and oxygen atoms in total. The Hall–Kier alpha value is -1.41. The number of hydrogen-bond acceptors (Lipinski definition) is 4. The molecule has 0 atom stereocenters. The fourth-order valence-corrected chi connectivity index (χ4v) is 0.581. The van der Waals surface area contributed by atoms with Gasteiger partial charge in [-0.15, -0.1) is 5.11 Å². The molecule has 10 heavy (non-hydrogen) atoms. The van der Waals surface area contributed by atoms with Crippen LogP contribution in [0.1, 0.15) is 6.92 Å². The summed E-state index contributed by atoms with van der Waals surface area (Å²) in [7, 11) is 0. The molecule has 1 aliphatic rings. The van der Waals surface area contributed by atoms with Gasteiger partial charge in [-0.25, -0.2) is 4.79 Å². The van der Waals surface area contributed by atoms with Crippen LogP contribution in [0.2, 0.25) is 0 Å². The van der Waals surface area contributed by atoms with Crippen molar-refractivity contribution in [1.82, 2.24) is 0 Å². The van der Waals surface area contributed by atoms with Gasteiger partial charge in [-0.2, -0.15) is 5.11 Å². The van der Waals surface area contributed by atoms with Crippen LogP contribution < -0.4 is 0 Å². The fourth-order valence-electron chi connectivity index (χ4n) is 0.581. The highest BCUT2D eigenvalue weighted by molar-refractivity contribution is 5.59. The molecular weight excluding hydrogens is 132 g/mol. The summed E-state index contributed by atoms with van der Waals surface area (Å²) in [6.45, 7) is 2.32. The molecule has 0 saturated carbocycles. The third-order valence-electron chi connectivity index (χ3n) is 0.963. The predicted octanol–water partition coefficient (Wildman–Crippen LogP) is 1.05. The zero-order chi connectivity index (χ0) is 7.40. The van der Waals surface area contributed by atoms with E-state index in [1.807, 2.05) is 6.92 Å². The van der Waals surface area contributed by atoms with Crippen molar-refractivity contribution < 1.29 is 9.53 Å². The molecular formula is C6H6N2O2. The van der Waals surface area contributed by atoms with Crippen LogP contribution in [0.4, 0.5) is 0 Å². The highest BCUT2D eigenvalue weighted by atomic mass is 16.5. The Morgan fingerprint density at radius 1 is 1.80 bits per heavy atom.